The Bertz CT molecular complexity index is 613. The summed E-state index contributed by atoms with van der Waals surface area (Å²) >= 11 is 0. The van der Waals surface area contributed by atoms with Crippen molar-refractivity contribution in [3.05, 3.63) is 29.8 Å². The first kappa shape index (κ1) is 12.4. The van der Waals surface area contributed by atoms with Gasteiger partial charge in [-0.2, -0.15) is 13.2 Å². The molecular formula is C11H6F4O3. The fraction of sp³-hybridized carbons (Fsp3) is 0.182. The summed E-state index contributed by atoms with van der Waals surface area (Å²) in [7, 11) is 0. The SMILES string of the molecule is CC(=O)Oc1coc2cc(C(F)(F)F)cc(F)c12. The molecule has 2 rings (SSSR count). The lowest BCUT2D eigenvalue weighted by molar-refractivity contribution is -0.137. The Morgan fingerprint density at radius 2 is 2.00 bits per heavy atom. The van der Waals surface area contributed by atoms with Gasteiger partial charge in [0.05, 0.1) is 10.9 Å². The van der Waals surface area contributed by atoms with Gasteiger partial charge in [-0.15, -0.1) is 0 Å². The van der Waals surface area contributed by atoms with Crippen LogP contribution in [0, 0.1) is 5.82 Å². The molecular weight excluding hydrogens is 256 g/mol. The van der Waals surface area contributed by atoms with E-state index in [1.165, 1.54) is 0 Å². The molecule has 0 unspecified atom stereocenters. The van der Waals surface area contributed by atoms with Crippen LogP contribution in [0.1, 0.15) is 12.5 Å². The number of furan rings is 1. The molecule has 0 saturated heterocycles. The van der Waals surface area contributed by atoms with Crippen LogP contribution in [0.3, 0.4) is 0 Å². The average Bonchev–Trinajstić information content (AvgIpc) is 2.59. The maximum Gasteiger partial charge on any atom is 0.416 e. The molecule has 0 amide bonds. The van der Waals surface area contributed by atoms with Crippen molar-refractivity contribution in [3.8, 4) is 5.75 Å². The molecule has 0 spiro atoms. The van der Waals surface area contributed by atoms with Crippen LogP contribution in [-0.2, 0) is 11.0 Å². The number of hydrogen-bond donors (Lipinski definition) is 0. The van der Waals surface area contributed by atoms with Gasteiger partial charge in [-0.3, -0.25) is 4.79 Å². The minimum atomic E-state index is -4.68. The summed E-state index contributed by atoms with van der Waals surface area (Å²) in [5.74, 6) is -2.13. The van der Waals surface area contributed by atoms with E-state index in [0.717, 1.165) is 13.2 Å². The van der Waals surface area contributed by atoms with E-state index in [1.54, 1.807) is 0 Å². The number of fused-ring (bicyclic) bond motifs is 1. The maximum absolute atomic E-state index is 13.6. The number of esters is 1. The topological polar surface area (TPSA) is 39.4 Å². The zero-order valence-corrected chi connectivity index (χ0v) is 8.97. The Morgan fingerprint density at radius 3 is 2.56 bits per heavy atom. The molecule has 0 atom stereocenters. The quantitative estimate of drug-likeness (QED) is 0.583. The Morgan fingerprint density at radius 1 is 1.33 bits per heavy atom. The van der Waals surface area contributed by atoms with E-state index in [1.807, 2.05) is 0 Å². The van der Waals surface area contributed by atoms with Crippen molar-refractivity contribution in [2.24, 2.45) is 0 Å². The van der Waals surface area contributed by atoms with E-state index in [2.05, 4.69) is 4.74 Å². The van der Waals surface area contributed by atoms with Crippen LogP contribution in [-0.4, -0.2) is 5.97 Å². The van der Waals surface area contributed by atoms with Crippen LogP contribution in [0.2, 0.25) is 0 Å². The molecule has 0 radical (unpaired) electrons. The number of halogens is 4. The van der Waals surface area contributed by atoms with E-state index >= 15 is 0 Å². The van der Waals surface area contributed by atoms with Gasteiger partial charge in [0.2, 0.25) is 0 Å². The van der Waals surface area contributed by atoms with Gasteiger partial charge in [0.25, 0.3) is 0 Å². The first-order valence-corrected chi connectivity index (χ1v) is 4.75. The van der Waals surface area contributed by atoms with Crippen LogP contribution in [0.15, 0.2) is 22.8 Å². The van der Waals surface area contributed by atoms with Gasteiger partial charge in [-0.1, -0.05) is 0 Å². The average molecular weight is 262 g/mol. The zero-order chi connectivity index (χ0) is 13.5. The summed E-state index contributed by atoms with van der Waals surface area (Å²) in [5.41, 5.74) is -1.50. The Balaban J connectivity index is 2.61. The summed E-state index contributed by atoms with van der Waals surface area (Å²) < 4.78 is 60.2. The monoisotopic (exact) mass is 262 g/mol. The molecule has 0 aliphatic rings. The first-order chi connectivity index (χ1) is 8.29. The summed E-state index contributed by atoms with van der Waals surface area (Å²) in [6.07, 6.45) is -3.79. The van der Waals surface area contributed by atoms with Crippen LogP contribution >= 0.6 is 0 Å². The molecule has 0 aliphatic heterocycles. The highest BCUT2D eigenvalue weighted by Crippen LogP contribution is 2.36. The van der Waals surface area contributed by atoms with Crippen molar-refractivity contribution >= 4 is 16.9 Å². The van der Waals surface area contributed by atoms with Crippen molar-refractivity contribution in [1.82, 2.24) is 0 Å². The first-order valence-electron chi connectivity index (χ1n) is 4.75. The van der Waals surface area contributed by atoms with Gasteiger partial charge in [-0.05, 0) is 12.1 Å². The summed E-state index contributed by atoms with van der Waals surface area (Å²) in [5, 5.41) is -0.293. The maximum atomic E-state index is 13.6. The van der Waals surface area contributed by atoms with E-state index in [9.17, 15) is 22.4 Å². The second-order valence-corrected chi connectivity index (χ2v) is 3.52. The van der Waals surface area contributed by atoms with Gasteiger partial charge in [0, 0.05) is 6.92 Å². The lowest BCUT2D eigenvalue weighted by atomic mass is 10.1. The van der Waals surface area contributed by atoms with Gasteiger partial charge in [0.15, 0.2) is 5.75 Å². The van der Waals surface area contributed by atoms with Crippen LogP contribution in [0.25, 0.3) is 11.0 Å². The van der Waals surface area contributed by atoms with Crippen molar-refractivity contribution in [3.63, 3.8) is 0 Å². The second kappa shape index (κ2) is 4.01. The molecule has 1 heterocycles. The molecule has 0 bridgehead atoms. The highest BCUT2D eigenvalue weighted by atomic mass is 19.4. The molecule has 0 N–H and O–H groups in total. The zero-order valence-electron chi connectivity index (χ0n) is 8.97. The molecule has 7 heteroatoms. The lowest BCUT2D eigenvalue weighted by Gasteiger charge is -2.06. The molecule has 2 aromatic rings. The van der Waals surface area contributed by atoms with Crippen molar-refractivity contribution < 1.29 is 31.5 Å². The summed E-state index contributed by atoms with van der Waals surface area (Å²) in [4.78, 5) is 10.7. The fourth-order valence-electron chi connectivity index (χ4n) is 1.48. The molecule has 1 aromatic heterocycles. The lowest BCUT2D eigenvalue weighted by Crippen LogP contribution is -2.05. The number of alkyl halides is 3. The third kappa shape index (κ3) is 2.15. The predicted octanol–water partition coefficient (Wildman–Crippen LogP) is 3.52. The minimum Gasteiger partial charge on any atom is -0.460 e. The number of rotatable bonds is 1. The standard InChI is InChI=1S/C11H6F4O3/c1-5(16)18-9-4-17-8-3-6(11(13,14)15)2-7(12)10(8)9/h2-4H,1H3. The number of ether oxygens (including phenoxy) is 1. The molecule has 18 heavy (non-hydrogen) atoms. The molecule has 0 aliphatic carbocycles. The van der Waals surface area contributed by atoms with Gasteiger partial charge < -0.3 is 9.15 Å². The van der Waals surface area contributed by atoms with Crippen LogP contribution in [0.5, 0.6) is 5.75 Å². The number of carbonyl (C=O) groups is 1. The Hall–Kier alpha value is -2.05. The van der Waals surface area contributed by atoms with E-state index in [0.29, 0.717) is 12.1 Å². The number of hydrogen-bond acceptors (Lipinski definition) is 3. The van der Waals surface area contributed by atoms with Crippen LogP contribution in [0.4, 0.5) is 17.6 Å². The molecule has 3 nitrogen and oxygen atoms in total. The number of carbonyl (C=O) groups excluding carboxylic acids is 1. The van der Waals surface area contributed by atoms with Crippen molar-refractivity contribution in [2.45, 2.75) is 13.1 Å². The van der Waals surface area contributed by atoms with Gasteiger partial charge in [0.1, 0.15) is 17.7 Å². The minimum absolute atomic E-state index is 0.247. The van der Waals surface area contributed by atoms with Crippen molar-refractivity contribution in [2.75, 3.05) is 0 Å². The third-order valence-corrected chi connectivity index (χ3v) is 2.17. The highest BCUT2D eigenvalue weighted by Gasteiger charge is 2.32. The Kier molecular flexibility index (Phi) is 2.76. The van der Waals surface area contributed by atoms with E-state index < -0.39 is 23.5 Å². The predicted molar refractivity (Wildman–Crippen MR) is 52.5 cm³/mol. The molecule has 0 saturated carbocycles. The summed E-state index contributed by atoms with van der Waals surface area (Å²) in [6.45, 7) is 1.08. The van der Waals surface area contributed by atoms with Crippen molar-refractivity contribution in [1.29, 1.82) is 0 Å². The smallest absolute Gasteiger partial charge is 0.416 e. The summed E-state index contributed by atoms with van der Waals surface area (Å²) in [6, 6.07) is 0.969. The largest absolute Gasteiger partial charge is 0.460 e. The molecule has 96 valence electrons. The second-order valence-electron chi connectivity index (χ2n) is 3.52. The molecule has 0 fully saturated rings. The normalized spacial score (nSPS) is 11.8. The highest BCUT2D eigenvalue weighted by molar-refractivity contribution is 5.87. The van der Waals surface area contributed by atoms with Gasteiger partial charge >= 0.3 is 12.1 Å². The van der Waals surface area contributed by atoms with Gasteiger partial charge in [-0.25, -0.2) is 4.39 Å². The van der Waals surface area contributed by atoms with E-state index in [4.69, 9.17) is 4.42 Å². The fourth-order valence-corrected chi connectivity index (χ4v) is 1.48. The third-order valence-electron chi connectivity index (χ3n) is 2.17. The molecule has 1 aromatic carbocycles. The van der Waals surface area contributed by atoms with E-state index in [-0.39, 0.29) is 16.7 Å². The number of benzene rings is 1. The van der Waals surface area contributed by atoms with Crippen LogP contribution < -0.4 is 4.74 Å². The Labute approximate surface area is 97.9 Å².